The van der Waals surface area contributed by atoms with Crippen molar-refractivity contribution in [1.82, 2.24) is 5.32 Å². The second kappa shape index (κ2) is 5.99. The molecule has 1 saturated carbocycles. The summed E-state index contributed by atoms with van der Waals surface area (Å²) in [6.07, 6.45) is 13.7. The Hall–Kier alpha value is -0.300. The molecule has 0 saturated heterocycles. The van der Waals surface area contributed by atoms with Crippen LogP contribution in [0.25, 0.3) is 0 Å². The molecule has 1 nitrogen and oxygen atoms in total. The van der Waals surface area contributed by atoms with Crippen molar-refractivity contribution in [2.75, 3.05) is 6.54 Å². The lowest BCUT2D eigenvalue weighted by atomic mass is 9.64. The molecule has 0 unspecified atom stereocenters. The number of hydrogen-bond acceptors (Lipinski definition) is 1. The minimum Gasteiger partial charge on any atom is -0.311 e. The molecule has 1 heteroatoms. The molecule has 0 aromatic rings. The van der Waals surface area contributed by atoms with Crippen LogP contribution in [-0.2, 0) is 0 Å². The normalized spacial score (nSPS) is 33.1. The predicted octanol–water partition coefficient (Wildman–Crippen LogP) is 5.07. The van der Waals surface area contributed by atoms with Gasteiger partial charge in [-0.25, -0.2) is 0 Å². The third-order valence-corrected chi connectivity index (χ3v) is 5.16. The van der Waals surface area contributed by atoms with Gasteiger partial charge in [-0.1, -0.05) is 18.6 Å². The van der Waals surface area contributed by atoms with Crippen molar-refractivity contribution >= 4 is 0 Å². The zero-order valence-electron chi connectivity index (χ0n) is 13.5. The van der Waals surface area contributed by atoms with Crippen LogP contribution >= 0.6 is 0 Å². The molecule has 110 valence electrons. The van der Waals surface area contributed by atoms with E-state index in [1.165, 1.54) is 57.9 Å². The van der Waals surface area contributed by atoms with Crippen LogP contribution in [0.15, 0.2) is 11.6 Å². The van der Waals surface area contributed by atoms with Crippen molar-refractivity contribution in [3.05, 3.63) is 11.6 Å². The van der Waals surface area contributed by atoms with Gasteiger partial charge in [-0.3, -0.25) is 0 Å². The minimum atomic E-state index is 0.241. The summed E-state index contributed by atoms with van der Waals surface area (Å²) in [5, 5.41) is 3.80. The Morgan fingerprint density at radius 2 is 1.89 bits per heavy atom. The summed E-state index contributed by atoms with van der Waals surface area (Å²) < 4.78 is 0. The highest BCUT2D eigenvalue weighted by atomic mass is 15.0. The monoisotopic (exact) mass is 263 g/mol. The first-order valence-corrected chi connectivity index (χ1v) is 8.36. The summed E-state index contributed by atoms with van der Waals surface area (Å²) in [7, 11) is 0. The average Bonchev–Trinajstić information content (AvgIpc) is 2.39. The maximum atomic E-state index is 3.80. The highest BCUT2D eigenvalue weighted by Gasteiger charge is 2.38. The van der Waals surface area contributed by atoms with Crippen LogP contribution in [-0.4, -0.2) is 12.1 Å². The lowest BCUT2D eigenvalue weighted by Crippen LogP contribution is -2.46. The fourth-order valence-electron chi connectivity index (χ4n) is 3.68. The molecule has 0 aromatic heterocycles. The van der Waals surface area contributed by atoms with Gasteiger partial charge in [0.15, 0.2) is 0 Å². The number of hydrogen-bond donors (Lipinski definition) is 1. The number of nitrogens with one attached hydrogen (secondary N) is 1. The third kappa shape index (κ3) is 4.08. The molecule has 0 heterocycles. The molecule has 0 amide bonds. The van der Waals surface area contributed by atoms with Crippen molar-refractivity contribution in [3.8, 4) is 0 Å². The quantitative estimate of drug-likeness (QED) is 0.701. The maximum Gasteiger partial charge on any atom is 0.00968 e. The number of allylic oxidation sites excluding steroid dienone is 1. The van der Waals surface area contributed by atoms with Gasteiger partial charge < -0.3 is 5.32 Å². The molecule has 19 heavy (non-hydrogen) atoms. The molecule has 2 rings (SSSR count). The summed E-state index contributed by atoms with van der Waals surface area (Å²) in [5.74, 6) is 0.937. The molecule has 0 aliphatic heterocycles. The minimum absolute atomic E-state index is 0.241. The maximum absolute atomic E-state index is 3.80. The summed E-state index contributed by atoms with van der Waals surface area (Å²) >= 11 is 0. The largest absolute Gasteiger partial charge is 0.311 e. The van der Waals surface area contributed by atoms with Gasteiger partial charge in [0.2, 0.25) is 0 Å². The Labute approximate surface area is 120 Å². The van der Waals surface area contributed by atoms with Gasteiger partial charge in [0.25, 0.3) is 0 Å². The first-order valence-electron chi connectivity index (χ1n) is 8.36. The lowest BCUT2D eigenvalue weighted by Gasteiger charge is -2.44. The summed E-state index contributed by atoms with van der Waals surface area (Å²) in [5.41, 5.74) is 2.52. The van der Waals surface area contributed by atoms with Gasteiger partial charge in [0.1, 0.15) is 0 Å². The zero-order valence-corrected chi connectivity index (χ0v) is 13.5. The van der Waals surface area contributed by atoms with Crippen molar-refractivity contribution < 1.29 is 0 Å². The molecule has 0 atom stereocenters. The van der Waals surface area contributed by atoms with Gasteiger partial charge in [0.05, 0.1) is 0 Å². The summed E-state index contributed by atoms with van der Waals surface area (Å²) in [4.78, 5) is 0. The molecular formula is C18H33N. The van der Waals surface area contributed by atoms with E-state index in [0.717, 1.165) is 5.92 Å². The van der Waals surface area contributed by atoms with E-state index in [2.05, 4.69) is 39.1 Å². The van der Waals surface area contributed by atoms with E-state index < -0.39 is 0 Å². The topological polar surface area (TPSA) is 12.0 Å². The SMILES string of the molecule is CC1CCC(CNC(C)(C)C)(C2=CCCCC2)CC1. The molecule has 0 bridgehead atoms. The standard InChI is InChI=1S/C18H33N/c1-15-10-12-18(13-11-15,14-19-17(2,3)4)16-8-6-5-7-9-16/h8,15,19H,5-7,9-14H2,1-4H3. The first kappa shape index (κ1) is 15.1. The van der Waals surface area contributed by atoms with E-state index in [1.807, 2.05) is 0 Å². The highest BCUT2D eigenvalue weighted by Crippen LogP contribution is 2.47. The van der Waals surface area contributed by atoms with Gasteiger partial charge >= 0.3 is 0 Å². The Morgan fingerprint density at radius 3 is 2.42 bits per heavy atom. The molecule has 0 spiro atoms. The van der Waals surface area contributed by atoms with E-state index in [-0.39, 0.29) is 5.54 Å². The highest BCUT2D eigenvalue weighted by molar-refractivity contribution is 5.19. The van der Waals surface area contributed by atoms with E-state index in [0.29, 0.717) is 5.41 Å². The molecule has 1 N–H and O–H groups in total. The number of rotatable bonds is 3. The first-order chi connectivity index (χ1) is 8.91. The molecule has 2 aliphatic rings. The van der Waals surface area contributed by atoms with Crippen molar-refractivity contribution in [1.29, 1.82) is 0 Å². The predicted molar refractivity (Wildman–Crippen MR) is 84.4 cm³/mol. The van der Waals surface area contributed by atoms with Gasteiger partial charge in [-0.2, -0.15) is 0 Å². The van der Waals surface area contributed by atoms with Gasteiger partial charge in [-0.05, 0) is 78.1 Å². The Kier molecular flexibility index (Phi) is 4.76. The summed E-state index contributed by atoms with van der Waals surface area (Å²) in [6.45, 7) is 10.5. The second-order valence-corrected chi connectivity index (χ2v) is 8.04. The molecule has 1 fully saturated rings. The van der Waals surface area contributed by atoms with E-state index in [4.69, 9.17) is 0 Å². The third-order valence-electron chi connectivity index (χ3n) is 5.16. The Morgan fingerprint density at radius 1 is 1.21 bits per heavy atom. The molecule has 0 aromatic carbocycles. The van der Waals surface area contributed by atoms with E-state index in [9.17, 15) is 0 Å². The van der Waals surface area contributed by atoms with Gasteiger partial charge in [-0.15, -0.1) is 0 Å². The van der Waals surface area contributed by atoms with Crippen LogP contribution in [0.4, 0.5) is 0 Å². The fourth-order valence-corrected chi connectivity index (χ4v) is 3.68. The Balaban J connectivity index is 2.10. The Bertz CT molecular complexity index is 313. The molecule has 0 radical (unpaired) electrons. The van der Waals surface area contributed by atoms with Crippen molar-refractivity contribution in [2.45, 2.75) is 84.6 Å². The average molecular weight is 263 g/mol. The van der Waals surface area contributed by atoms with Crippen molar-refractivity contribution in [2.24, 2.45) is 11.3 Å². The molecule has 2 aliphatic carbocycles. The van der Waals surface area contributed by atoms with Gasteiger partial charge in [0, 0.05) is 17.5 Å². The second-order valence-electron chi connectivity index (χ2n) is 8.04. The molecular weight excluding hydrogens is 230 g/mol. The fraction of sp³-hybridized carbons (Fsp3) is 0.889. The van der Waals surface area contributed by atoms with Crippen LogP contribution in [0.5, 0.6) is 0 Å². The van der Waals surface area contributed by atoms with E-state index >= 15 is 0 Å². The van der Waals surface area contributed by atoms with Crippen LogP contribution in [0.1, 0.15) is 79.1 Å². The van der Waals surface area contributed by atoms with Crippen LogP contribution < -0.4 is 5.32 Å². The zero-order chi connectivity index (χ0) is 13.9. The van der Waals surface area contributed by atoms with Crippen LogP contribution in [0.2, 0.25) is 0 Å². The lowest BCUT2D eigenvalue weighted by molar-refractivity contribution is 0.171. The van der Waals surface area contributed by atoms with Crippen LogP contribution in [0.3, 0.4) is 0 Å². The van der Waals surface area contributed by atoms with E-state index in [1.54, 1.807) is 5.57 Å². The van der Waals surface area contributed by atoms with Crippen LogP contribution in [0, 0.1) is 11.3 Å². The smallest absolute Gasteiger partial charge is 0.00968 e. The van der Waals surface area contributed by atoms with Crippen molar-refractivity contribution in [3.63, 3.8) is 0 Å². The summed E-state index contributed by atoms with van der Waals surface area (Å²) in [6, 6.07) is 0.